The number of carbonyl (C=O) groups is 2. The molecule has 2 N–H and O–H groups in total. The van der Waals surface area contributed by atoms with E-state index in [0.29, 0.717) is 0 Å². The summed E-state index contributed by atoms with van der Waals surface area (Å²) in [5.41, 5.74) is 0.102. The van der Waals surface area contributed by atoms with Gasteiger partial charge < -0.3 is 10.6 Å². The van der Waals surface area contributed by atoms with Crippen LogP contribution in [0.4, 0.5) is 23.2 Å². The monoisotopic (exact) mass is 368 g/mol. The van der Waals surface area contributed by atoms with Gasteiger partial charge in [-0.3, -0.25) is 9.59 Å². The molecule has 26 heavy (non-hydrogen) atoms. The zero-order valence-electron chi connectivity index (χ0n) is 13.0. The predicted molar refractivity (Wildman–Crippen MR) is 81.3 cm³/mol. The molecular weight excluding hydrogens is 356 g/mol. The zero-order valence-corrected chi connectivity index (χ0v) is 13.0. The van der Waals surface area contributed by atoms with Crippen LogP contribution in [0.25, 0.3) is 0 Å². The highest BCUT2D eigenvalue weighted by molar-refractivity contribution is 6.08. The Kier molecular flexibility index (Phi) is 4.58. The third-order valence-corrected chi connectivity index (χ3v) is 3.95. The fraction of sp³-hybridized carbons (Fsp3) is 0.250. The Labute approximate surface area is 144 Å². The van der Waals surface area contributed by atoms with Crippen molar-refractivity contribution in [1.82, 2.24) is 15.3 Å². The van der Waals surface area contributed by atoms with E-state index in [2.05, 4.69) is 20.6 Å². The van der Waals surface area contributed by atoms with E-state index < -0.39 is 41.5 Å². The van der Waals surface area contributed by atoms with Crippen molar-refractivity contribution >= 4 is 17.5 Å². The molecule has 1 fully saturated rings. The summed E-state index contributed by atoms with van der Waals surface area (Å²) in [5, 5.41) is 4.80. The van der Waals surface area contributed by atoms with Gasteiger partial charge in [0.2, 0.25) is 17.6 Å². The lowest BCUT2D eigenvalue weighted by atomic mass is 9.89. The number of nitrogens with zero attached hydrogens (tertiary/aromatic N) is 2. The first-order chi connectivity index (χ1) is 12.3. The minimum Gasteiger partial charge on any atom is -0.355 e. The Balaban J connectivity index is 1.82. The Hall–Kier alpha value is -3.04. The number of anilines is 1. The smallest absolute Gasteiger partial charge is 0.355 e. The molecular formula is C16H12F4N4O2. The van der Waals surface area contributed by atoms with Crippen molar-refractivity contribution < 1.29 is 27.2 Å². The summed E-state index contributed by atoms with van der Waals surface area (Å²) in [7, 11) is 0. The molecule has 1 saturated heterocycles. The van der Waals surface area contributed by atoms with Crippen molar-refractivity contribution in [2.24, 2.45) is 5.92 Å². The van der Waals surface area contributed by atoms with Crippen LogP contribution in [0.2, 0.25) is 0 Å². The largest absolute Gasteiger partial charge is 0.451 e. The van der Waals surface area contributed by atoms with Crippen LogP contribution >= 0.6 is 0 Å². The first-order valence-corrected chi connectivity index (χ1v) is 7.49. The maximum absolute atomic E-state index is 13.7. The summed E-state index contributed by atoms with van der Waals surface area (Å²) in [6.45, 7) is 0.0307. The van der Waals surface area contributed by atoms with Gasteiger partial charge in [0, 0.05) is 24.9 Å². The maximum Gasteiger partial charge on any atom is 0.451 e. The van der Waals surface area contributed by atoms with Crippen molar-refractivity contribution in [2.45, 2.75) is 12.1 Å². The number of hydrogen-bond donors (Lipinski definition) is 2. The second-order valence-corrected chi connectivity index (χ2v) is 5.64. The molecule has 2 heterocycles. The van der Waals surface area contributed by atoms with E-state index in [0.717, 1.165) is 18.5 Å². The van der Waals surface area contributed by atoms with Crippen LogP contribution in [-0.2, 0) is 15.8 Å². The highest BCUT2D eigenvalue weighted by Gasteiger charge is 2.42. The molecule has 2 aromatic rings. The fourth-order valence-corrected chi connectivity index (χ4v) is 2.68. The highest BCUT2D eigenvalue weighted by atomic mass is 19.4. The van der Waals surface area contributed by atoms with Crippen molar-refractivity contribution in [3.63, 3.8) is 0 Å². The number of amides is 2. The molecule has 0 saturated carbocycles. The fourth-order valence-electron chi connectivity index (χ4n) is 2.68. The topological polar surface area (TPSA) is 84.0 Å². The normalized spacial score (nSPS) is 19.9. The average Bonchev–Trinajstić information content (AvgIpc) is 2.98. The van der Waals surface area contributed by atoms with Gasteiger partial charge in [-0.25, -0.2) is 14.4 Å². The van der Waals surface area contributed by atoms with Crippen molar-refractivity contribution in [2.75, 3.05) is 11.9 Å². The van der Waals surface area contributed by atoms with Gasteiger partial charge in [0.05, 0.1) is 5.69 Å². The summed E-state index contributed by atoms with van der Waals surface area (Å²) in [6, 6.07) is 5.42. The van der Waals surface area contributed by atoms with Crippen LogP contribution in [0, 0.1) is 11.7 Å². The lowest BCUT2D eigenvalue weighted by Crippen LogP contribution is -2.32. The number of rotatable bonds is 3. The molecule has 1 aliphatic heterocycles. The average molecular weight is 368 g/mol. The van der Waals surface area contributed by atoms with Gasteiger partial charge in [0.1, 0.15) is 11.7 Å². The minimum absolute atomic E-state index is 0.0307. The molecule has 0 radical (unpaired) electrons. The van der Waals surface area contributed by atoms with Gasteiger partial charge in [-0.1, -0.05) is 12.1 Å². The number of aromatic nitrogens is 2. The predicted octanol–water partition coefficient (Wildman–Crippen LogP) is 2.10. The number of hydrogen-bond acceptors (Lipinski definition) is 4. The molecule has 136 valence electrons. The summed E-state index contributed by atoms with van der Waals surface area (Å²) in [6.07, 6.45) is -2.82. The lowest BCUT2D eigenvalue weighted by molar-refractivity contribution is -0.145. The first-order valence-electron chi connectivity index (χ1n) is 7.49. The molecule has 0 spiro atoms. The zero-order chi connectivity index (χ0) is 18.9. The highest BCUT2D eigenvalue weighted by Crippen LogP contribution is 2.31. The third-order valence-electron chi connectivity index (χ3n) is 3.95. The quantitative estimate of drug-likeness (QED) is 0.642. The molecule has 0 aliphatic carbocycles. The van der Waals surface area contributed by atoms with Crippen molar-refractivity contribution in [3.05, 3.63) is 53.9 Å². The number of halogens is 4. The van der Waals surface area contributed by atoms with E-state index in [9.17, 15) is 27.2 Å². The Bertz CT molecular complexity index is 839. The van der Waals surface area contributed by atoms with Crippen LogP contribution in [0.3, 0.4) is 0 Å². The number of para-hydroxylation sites is 1. The molecule has 1 aliphatic rings. The Morgan fingerprint density at radius 2 is 1.85 bits per heavy atom. The molecule has 0 unspecified atom stereocenters. The Morgan fingerprint density at radius 3 is 2.46 bits per heavy atom. The lowest BCUT2D eigenvalue weighted by Gasteiger charge is -2.17. The summed E-state index contributed by atoms with van der Waals surface area (Å²) < 4.78 is 51.3. The van der Waals surface area contributed by atoms with Crippen LogP contribution in [-0.4, -0.2) is 28.3 Å². The maximum atomic E-state index is 13.7. The second-order valence-electron chi connectivity index (χ2n) is 5.64. The van der Waals surface area contributed by atoms with E-state index in [-0.39, 0.29) is 17.8 Å². The van der Waals surface area contributed by atoms with Gasteiger partial charge in [-0.15, -0.1) is 0 Å². The van der Waals surface area contributed by atoms with Crippen LogP contribution in [0.1, 0.15) is 17.3 Å². The number of nitrogens with one attached hydrogen (secondary N) is 2. The first kappa shape index (κ1) is 17.8. The van der Waals surface area contributed by atoms with E-state index in [1.807, 2.05) is 0 Å². The van der Waals surface area contributed by atoms with Gasteiger partial charge >= 0.3 is 6.18 Å². The summed E-state index contributed by atoms with van der Waals surface area (Å²) >= 11 is 0. The molecule has 3 rings (SSSR count). The molecule has 1 aromatic carbocycles. The molecule has 0 bridgehead atoms. The van der Waals surface area contributed by atoms with Gasteiger partial charge in [-0.2, -0.15) is 13.2 Å². The minimum atomic E-state index is -4.69. The van der Waals surface area contributed by atoms with E-state index in [4.69, 9.17) is 0 Å². The molecule has 10 heteroatoms. The van der Waals surface area contributed by atoms with Crippen LogP contribution in [0.5, 0.6) is 0 Å². The molecule has 6 nitrogen and oxygen atoms in total. The van der Waals surface area contributed by atoms with Gasteiger partial charge in [0.15, 0.2) is 0 Å². The van der Waals surface area contributed by atoms with Gasteiger partial charge in [-0.05, 0) is 17.7 Å². The SMILES string of the molecule is O=C1NC[C@H](c2cnc(C(F)(F)F)nc2)[C@H]1C(=O)Nc1ccccc1F. The molecule has 2 atom stereocenters. The number of benzene rings is 1. The second kappa shape index (κ2) is 6.70. The standard InChI is InChI=1S/C16H12F4N4O2/c17-10-3-1-2-4-11(10)24-14(26)12-9(7-21-13(12)25)8-5-22-15(23-6-8)16(18,19)20/h1-6,9,12H,7H2,(H,21,25)(H,24,26)/t9-,12-/m1/s1. The van der Waals surface area contributed by atoms with Crippen molar-refractivity contribution in [1.29, 1.82) is 0 Å². The Morgan fingerprint density at radius 1 is 1.19 bits per heavy atom. The number of carbonyl (C=O) groups excluding carboxylic acids is 2. The van der Waals surface area contributed by atoms with E-state index in [1.165, 1.54) is 18.2 Å². The summed E-state index contributed by atoms with van der Waals surface area (Å²) in [5.74, 6) is -5.37. The number of alkyl halides is 3. The molecule has 1 aromatic heterocycles. The molecule has 2 amide bonds. The van der Waals surface area contributed by atoms with Crippen LogP contribution < -0.4 is 10.6 Å². The van der Waals surface area contributed by atoms with Gasteiger partial charge in [0.25, 0.3) is 0 Å². The summed E-state index contributed by atoms with van der Waals surface area (Å²) in [4.78, 5) is 30.9. The van der Waals surface area contributed by atoms with E-state index in [1.54, 1.807) is 0 Å². The third kappa shape index (κ3) is 3.48. The van der Waals surface area contributed by atoms with Crippen LogP contribution in [0.15, 0.2) is 36.7 Å². The van der Waals surface area contributed by atoms with Crippen molar-refractivity contribution in [3.8, 4) is 0 Å². The van der Waals surface area contributed by atoms with E-state index >= 15 is 0 Å².